The van der Waals surface area contributed by atoms with Crippen LogP contribution >= 0.6 is 23.2 Å². The summed E-state index contributed by atoms with van der Waals surface area (Å²) in [5.74, 6) is 0. The fraction of sp³-hybridized carbons (Fsp3) is 0.333. The van der Waals surface area contributed by atoms with Gasteiger partial charge in [-0.25, -0.2) is 13.1 Å². The predicted molar refractivity (Wildman–Crippen MR) is 102 cm³/mol. The van der Waals surface area contributed by atoms with Gasteiger partial charge in [-0.15, -0.1) is 0 Å². The highest BCUT2D eigenvalue weighted by molar-refractivity contribution is 7.89. The van der Waals surface area contributed by atoms with Gasteiger partial charge >= 0.3 is 0 Å². The molecular weight excluding hydrogens is 381 g/mol. The van der Waals surface area contributed by atoms with E-state index in [1.54, 1.807) is 13.8 Å². The maximum atomic E-state index is 12.5. The quantitative estimate of drug-likeness (QED) is 0.737. The summed E-state index contributed by atoms with van der Waals surface area (Å²) in [5.41, 5.74) is 0.515. The van der Waals surface area contributed by atoms with E-state index >= 15 is 0 Å². The third-order valence-electron chi connectivity index (χ3n) is 3.94. The number of benzene rings is 2. The molecule has 0 saturated carbocycles. The second-order valence-electron chi connectivity index (χ2n) is 6.34. The second-order valence-corrected chi connectivity index (χ2v) is 8.89. The van der Waals surface area contributed by atoms with Gasteiger partial charge in [0.2, 0.25) is 10.0 Å². The summed E-state index contributed by atoms with van der Waals surface area (Å²) in [6.45, 7) is 3.20. The molecule has 1 unspecified atom stereocenters. The molecule has 0 amide bonds. The van der Waals surface area contributed by atoms with Crippen LogP contribution in [-0.2, 0) is 16.4 Å². The summed E-state index contributed by atoms with van der Waals surface area (Å²) < 4.78 is 27.4. The molecule has 0 aliphatic carbocycles. The van der Waals surface area contributed by atoms with E-state index < -0.39 is 15.6 Å². The zero-order valence-electron chi connectivity index (χ0n) is 14.1. The molecule has 0 spiro atoms. The van der Waals surface area contributed by atoms with Gasteiger partial charge in [0, 0.05) is 11.6 Å². The number of aryl methyl sites for hydroxylation is 2. The van der Waals surface area contributed by atoms with Gasteiger partial charge in [0.05, 0.1) is 10.6 Å². The van der Waals surface area contributed by atoms with Gasteiger partial charge in [-0.2, -0.15) is 0 Å². The Hall–Kier alpha value is -1.11. The number of hydrogen-bond donors (Lipinski definition) is 2. The van der Waals surface area contributed by atoms with Crippen molar-refractivity contribution in [3.8, 4) is 0 Å². The van der Waals surface area contributed by atoms with E-state index in [1.807, 2.05) is 30.3 Å². The van der Waals surface area contributed by atoms with Crippen LogP contribution in [0.5, 0.6) is 0 Å². The van der Waals surface area contributed by atoms with Gasteiger partial charge in [0.1, 0.15) is 4.90 Å². The topological polar surface area (TPSA) is 66.4 Å². The number of halogens is 2. The van der Waals surface area contributed by atoms with Crippen molar-refractivity contribution in [1.82, 2.24) is 4.72 Å². The van der Waals surface area contributed by atoms with Crippen molar-refractivity contribution in [3.05, 3.63) is 63.6 Å². The minimum absolute atomic E-state index is 0.0464. The molecule has 2 rings (SSSR count). The van der Waals surface area contributed by atoms with E-state index in [2.05, 4.69) is 4.72 Å². The van der Waals surface area contributed by atoms with Crippen molar-refractivity contribution in [2.24, 2.45) is 0 Å². The Morgan fingerprint density at radius 1 is 1.12 bits per heavy atom. The molecule has 136 valence electrons. The zero-order valence-corrected chi connectivity index (χ0v) is 16.4. The normalized spacial score (nSPS) is 14.3. The lowest BCUT2D eigenvalue weighted by Crippen LogP contribution is -2.41. The minimum Gasteiger partial charge on any atom is -0.389 e. The number of hydrogen-bond acceptors (Lipinski definition) is 3. The first-order valence-electron chi connectivity index (χ1n) is 7.82. The van der Waals surface area contributed by atoms with E-state index in [1.165, 1.54) is 12.1 Å². The summed E-state index contributed by atoms with van der Waals surface area (Å²) in [6, 6.07) is 12.5. The molecule has 0 aliphatic rings. The molecule has 0 bridgehead atoms. The van der Waals surface area contributed by atoms with Gasteiger partial charge in [0.25, 0.3) is 0 Å². The number of aliphatic hydroxyl groups is 1. The summed E-state index contributed by atoms with van der Waals surface area (Å²) in [5, 5.41) is 10.9. The Labute approximate surface area is 158 Å². The Kier molecular flexibility index (Phi) is 6.51. The van der Waals surface area contributed by atoms with Crippen LogP contribution in [0, 0.1) is 6.92 Å². The molecule has 0 fully saturated rings. The Balaban J connectivity index is 2.04. The maximum absolute atomic E-state index is 12.5. The number of rotatable bonds is 7. The van der Waals surface area contributed by atoms with Gasteiger partial charge in [-0.1, -0.05) is 53.5 Å². The SMILES string of the molecule is Cc1cc(S(=O)(=O)NCC(C)(O)CCc2ccccc2)c(Cl)cc1Cl. The molecule has 7 heteroatoms. The number of sulfonamides is 1. The smallest absolute Gasteiger partial charge is 0.242 e. The van der Waals surface area contributed by atoms with Crippen LogP contribution in [0.25, 0.3) is 0 Å². The molecule has 0 saturated heterocycles. The van der Waals surface area contributed by atoms with Crippen molar-refractivity contribution in [1.29, 1.82) is 0 Å². The fourth-order valence-electron chi connectivity index (χ4n) is 2.31. The van der Waals surface area contributed by atoms with Crippen LogP contribution in [0.4, 0.5) is 0 Å². The molecule has 0 heterocycles. The summed E-state index contributed by atoms with van der Waals surface area (Å²) in [6.07, 6.45) is 1.07. The predicted octanol–water partition coefficient (Wildman–Crippen LogP) is 3.96. The van der Waals surface area contributed by atoms with Crippen LogP contribution in [0.1, 0.15) is 24.5 Å². The van der Waals surface area contributed by atoms with Crippen molar-refractivity contribution in [2.45, 2.75) is 37.2 Å². The molecule has 2 aromatic rings. The minimum atomic E-state index is -3.85. The van der Waals surface area contributed by atoms with Gasteiger partial charge < -0.3 is 5.11 Å². The van der Waals surface area contributed by atoms with Crippen LogP contribution in [0.3, 0.4) is 0 Å². The zero-order chi connectivity index (χ0) is 18.7. The second kappa shape index (κ2) is 8.06. The molecular formula is C18H21Cl2NO3S. The van der Waals surface area contributed by atoms with Crippen molar-refractivity contribution < 1.29 is 13.5 Å². The molecule has 0 aromatic heterocycles. The standard InChI is InChI=1S/C18H21Cl2NO3S/c1-13-10-17(16(20)11-15(13)19)25(23,24)21-12-18(2,22)9-8-14-6-4-3-5-7-14/h3-7,10-11,21-22H,8-9,12H2,1-2H3. The molecule has 0 aliphatic heterocycles. The average molecular weight is 402 g/mol. The third kappa shape index (κ3) is 5.69. The van der Waals surface area contributed by atoms with E-state index in [-0.39, 0.29) is 16.5 Å². The summed E-state index contributed by atoms with van der Waals surface area (Å²) in [4.78, 5) is -0.0464. The Bertz CT molecular complexity index is 837. The molecule has 25 heavy (non-hydrogen) atoms. The number of nitrogens with one attached hydrogen (secondary N) is 1. The highest BCUT2D eigenvalue weighted by Gasteiger charge is 2.26. The van der Waals surface area contributed by atoms with Crippen molar-refractivity contribution >= 4 is 33.2 Å². The Morgan fingerprint density at radius 2 is 1.76 bits per heavy atom. The summed E-state index contributed by atoms with van der Waals surface area (Å²) >= 11 is 12.0. The fourth-order valence-corrected chi connectivity index (χ4v) is 4.30. The van der Waals surface area contributed by atoms with Crippen LogP contribution in [-0.4, -0.2) is 25.7 Å². The largest absolute Gasteiger partial charge is 0.389 e. The monoisotopic (exact) mass is 401 g/mol. The molecule has 1 atom stereocenters. The molecule has 4 nitrogen and oxygen atoms in total. The van der Waals surface area contributed by atoms with E-state index in [4.69, 9.17) is 23.2 Å². The van der Waals surface area contributed by atoms with Crippen molar-refractivity contribution in [2.75, 3.05) is 6.54 Å². The van der Waals surface area contributed by atoms with Gasteiger partial charge in [-0.3, -0.25) is 0 Å². The maximum Gasteiger partial charge on any atom is 0.242 e. The van der Waals surface area contributed by atoms with Crippen LogP contribution in [0.15, 0.2) is 47.4 Å². The average Bonchev–Trinajstić information content (AvgIpc) is 2.56. The van der Waals surface area contributed by atoms with E-state index in [0.29, 0.717) is 23.4 Å². The van der Waals surface area contributed by atoms with Gasteiger partial charge in [-0.05, 0) is 49.9 Å². The first-order chi connectivity index (χ1) is 11.6. The lowest BCUT2D eigenvalue weighted by atomic mass is 9.97. The highest BCUT2D eigenvalue weighted by Crippen LogP contribution is 2.28. The van der Waals surface area contributed by atoms with Crippen LogP contribution < -0.4 is 4.72 Å². The summed E-state index contributed by atoms with van der Waals surface area (Å²) in [7, 11) is -3.85. The lowest BCUT2D eigenvalue weighted by molar-refractivity contribution is 0.0565. The molecule has 2 aromatic carbocycles. The highest BCUT2D eigenvalue weighted by atomic mass is 35.5. The van der Waals surface area contributed by atoms with Crippen molar-refractivity contribution in [3.63, 3.8) is 0 Å². The Morgan fingerprint density at radius 3 is 2.40 bits per heavy atom. The first-order valence-corrected chi connectivity index (χ1v) is 10.1. The van der Waals surface area contributed by atoms with E-state index in [0.717, 1.165) is 5.56 Å². The molecule has 2 N–H and O–H groups in total. The van der Waals surface area contributed by atoms with E-state index in [9.17, 15) is 13.5 Å². The van der Waals surface area contributed by atoms with Crippen LogP contribution in [0.2, 0.25) is 10.0 Å². The lowest BCUT2D eigenvalue weighted by Gasteiger charge is -2.24. The third-order valence-corrected chi connectivity index (χ3v) is 6.21. The first kappa shape index (κ1) is 20.2. The molecule has 0 radical (unpaired) electrons. The van der Waals surface area contributed by atoms with Gasteiger partial charge in [0.15, 0.2) is 0 Å².